The molecule has 0 radical (unpaired) electrons. The van der Waals surface area contributed by atoms with Gasteiger partial charge in [0.05, 0.1) is 11.9 Å². The van der Waals surface area contributed by atoms with E-state index < -0.39 is 0 Å². The fourth-order valence-electron chi connectivity index (χ4n) is 4.60. The van der Waals surface area contributed by atoms with Crippen LogP contribution in [0, 0.1) is 0 Å². The Bertz CT molecular complexity index is 964. The Morgan fingerprint density at radius 3 is 2.75 bits per heavy atom. The van der Waals surface area contributed by atoms with Crippen LogP contribution in [0.1, 0.15) is 13.3 Å². The highest BCUT2D eigenvalue weighted by atomic mass is 16.5. The highest BCUT2D eigenvalue weighted by Gasteiger charge is 2.27. The molecule has 146 valence electrons. The first kappa shape index (κ1) is 17.5. The Morgan fingerprint density at radius 1 is 1.07 bits per heavy atom. The van der Waals surface area contributed by atoms with Crippen molar-refractivity contribution in [2.45, 2.75) is 13.3 Å². The van der Waals surface area contributed by atoms with Crippen molar-refractivity contribution in [1.82, 2.24) is 15.0 Å². The lowest BCUT2D eigenvalue weighted by atomic mass is 9.96. The number of fused-ring (bicyclic) bond motifs is 1. The molecule has 0 N–H and O–H groups in total. The lowest BCUT2D eigenvalue weighted by molar-refractivity contribution is 0.219. The summed E-state index contributed by atoms with van der Waals surface area (Å²) in [6.45, 7) is 14.6. The van der Waals surface area contributed by atoms with Crippen molar-refractivity contribution in [3.8, 4) is 0 Å². The van der Waals surface area contributed by atoms with Gasteiger partial charge in [-0.15, -0.1) is 0 Å². The summed E-state index contributed by atoms with van der Waals surface area (Å²) in [4.78, 5) is 11.9. The van der Waals surface area contributed by atoms with E-state index in [-0.39, 0.29) is 0 Å². The lowest BCUT2D eigenvalue weighted by Gasteiger charge is -2.38. The Kier molecular flexibility index (Phi) is 4.43. The van der Waals surface area contributed by atoms with Gasteiger partial charge < -0.3 is 14.3 Å². The van der Waals surface area contributed by atoms with Gasteiger partial charge in [0.2, 0.25) is 0 Å². The Hall–Kier alpha value is -2.60. The van der Waals surface area contributed by atoms with Gasteiger partial charge in [-0.1, -0.05) is 23.9 Å². The third kappa shape index (κ3) is 3.02. The van der Waals surface area contributed by atoms with Crippen LogP contribution in [0.15, 0.2) is 57.2 Å². The molecule has 0 saturated carbocycles. The molecule has 6 nitrogen and oxygen atoms in total. The molecule has 0 atom stereocenters. The summed E-state index contributed by atoms with van der Waals surface area (Å²) in [7, 11) is 0. The number of anilines is 1. The largest absolute Gasteiger partial charge is 0.370 e. The summed E-state index contributed by atoms with van der Waals surface area (Å²) in [5, 5.41) is 5.42. The predicted octanol–water partition coefficient (Wildman–Crippen LogP) is 2.94. The Balaban J connectivity index is 1.16. The number of nitrogens with zero attached hydrogens (tertiary/aromatic N) is 5. The molecule has 0 spiro atoms. The number of allylic oxidation sites excluding steroid dienone is 1. The Morgan fingerprint density at radius 2 is 1.89 bits per heavy atom. The van der Waals surface area contributed by atoms with Crippen molar-refractivity contribution in [1.29, 1.82) is 0 Å². The zero-order valence-electron chi connectivity index (χ0n) is 16.5. The molecule has 3 aliphatic heterocycles. The second-order valence-electron chi connectivity index (χ2n) is 7.89. The lowest BCUT2D eigenvalue weighted by Crippen LogP contribution is -2.49. The summed E-state index contributed by atoms with van der Waals surface area (Å²) in [6.07, 6.45) is 1.13. The number of benzene rings is 1. The van der Waals surface area contributed by atoms with Crippen molar-refractivity contribution in [2.75, 3.05) is 57.3 Å². The molecule has 4 heterocycles. The summed E-state index contributed by atoms with van der Waals surface area (Å²) in [6, 6.07) is 8.10. The number of hydrogen-bond acceptors (Lipinski definition) is 6. The molecule has 0 amide bonds. The van der Waals surface area contributed by atoms with Gasteiger partial charge in [-0.2, -0.15) is 0 Å². The molecule has 3 aliphatic rings. The number of aliphatic imine (C=N–C) groups is 1. The molecule has 6 heteroatoms. The zero-order chi connectivity index (χ0) is 19.1. The second-order valence-corrected chi connectivity index (χ2v) is 7.89. The molecule has 1 aromatic carbocycles. The van der Waals surface area contributed by atoms with E-state index in [0.717, 1.165) is 81.3 Å². The van der Waals surface area contributed by atoms with Gasteiger partial charge in [0.25, 0.3) is 0 Å². The SMILES string of the molecule is C=C1C2=C(CCN1CCN1CCN(c3noc4ccccc34)CC1)CN=C2C. The molecule has 28 heavy (non-hydrogen) atoms. The summed E-state index contributed by atoms with van der Waals surface area (Å²) >= 11 is 0. The highest BCUT2D eigenvalue weighted by Crippen LogP contribution is 2.31. The first-order chi connectivity index (χ1) is 13.7. The third-order valence-corrected chi connectivity index (χ3v) is 6.29. The van der Waals surface area contributed by atoms with Gasteiger partial charge in [0.1, 0.15) is 0 Å². The van der Waals surface area contributed by atoms with Gasteiger partial charge in [0.15, 0.2) is 11.4 Å². The molecule has 5 rings (SSSR count). The topological polar surface area (TPSA) is 48.1 Å². The molecular weight excluding hydrogens is 350 g/mol. The summed E-state index contributed by atoms with van der Waals surface area (Å²) < 4.78 is 5.48. The second kappa shape index (κ2) is 7.09. The molecular formula is C22H27N5O. The monoisotopic (exact) mass is 377 g/mol. The first-order valence-corrected chi connectivity index (χ1v) is 10.2. The van der Waals surface area contributed by atoms with Gasteiger partial charge in [-0.25, -0.2) is 0 Å². The van der Waals surface area contributed by atoms with Crippen molar-refractivity contribution in [3.05, 3.63) is 47.7 Å². The summed E-state index contributed by atoms with van der Waals surface area (Å²) in [5.74, 6) is 0.982. The first-order valence-electron chi connectivity index (χ1n) is 10.2. The molecule has 0 unspecified atom stereocenters. The van der Waals surface area contributed by atoms with E-state index in [1.165, 1.54) is 16.8 Å². The van der Waals surface area contributed by atoms with Gasteiger partial charge in [-0.05, 0) is 31.1 Å². The van der Waals surface area contributed by atoms with Crippen molar-refractivity contribution < 1.29 is 4.52 Å². The zero-order valence-corrected chi connectivity index (χ0v) is 16.5. The quantitative estimate of drug-likeness (QED) is 0.820. The fraction of sp³-hybridized carbons (Fsp3) is 0.455. The third-order valence-electron chi connectivity index (χ3n) is 6.29. The van der Waals surface area contributed by atoms with Crippen LogP contribution < -0.4 is 4.90 Å². The van der Waals surface area contributed by atoms with Crippen LogP contribution in [-0.2, 0) is 0 Å². The van der Waals surface area contributed by atoms with E-state index in [0.29, 0.717) is 0 Å². The number of aromatic nitrogens is 1. The van der Waals surface area contributed by atoms with Crippen LogP contribution in [0.2, 0.25) is 0 Å². The van der Waals surface area contributed by atoms with E-state index in [1.807, 2.05) is 18.2 Å². The summed E-state index contributed by atoms with van der Waals surface area (Å²) in [5.41, 5.74) is 6.01. The minimum Gasteiger partial charge on any atom is -0.370 e. The maximum Gasteiger partial charge on any atom is 0.180 e. The standard InChI is InChI=1S/C22H27N5O/c1-16-21-17(2)26(8-7-18(21)15-23-16)12-9-25-10-13-27(14-11-25)22-19-5-3-4-6-20(19)28-24-22/h3-6H,2,7-15H2,1H3. The number of rotatable bonds is 4. The van der Waals surface area contributed by atoms with E-state index in [4.69, 9.17) is 4.52 Å². The number of piperazine rings is 1. The molecule has 1 aromatic heterocycles. The van der Waals surface area contributed by atoms with Crippen LogP contribution in [-0.4, -0.2) is 73.0 Å². The van der Waals surface area contributed by atoms with Crippen LogP contribution in [0.5, 0.6) is 0 Å². The molecule has 0 bridgehead atoms. The highest BCUT2D eigenvalue weighted by molar-refractivity contribution is 6.04. The normalized spacial score (nSPS) is 20.9. The average molecular weight is 377 g/mol. The van der Waals surface area contributed by atoms with Gasteiger partial charge in [0, 0.05) is 62.8 Å². The molecule has 1 saturated heterocycles. The van der Waals surface area contributed by atoms with Crippen LogP contribution >= 0.6 is 0 Å². The van der Waals surface area contributed by atoms with E-state index >= 15 is 0 Å². The molecule has 1 fully saturated rings. The van der Waals surface area contributed by atoms with Crippen LogP contribution in [0.4, 0.5) is 5.82 Å². The number of hydrogen-bond donors (Lipinski definition) is 0. The molecule has 2 aromatic rings. The average Bonchev–Trinajstić information content (AvgIpc) is 3.32. The van der Waals surface area contributed by atoms with Crippen LogP contribution in [0.25, 0.3) is 11.0 Å². The van der Waals surface area contributed by atoms with Crippen LogP contribution in [0.3, 0.4) is 0 Å². The van der Waals surface area contributed by atoms with E-state index in [2.05, 4.69) is 44.4 Å². The molecule has 0 aliphatic carbocycles. The Labute approximate surface area is 165 Å². The van der Waals surface area contributed by atoms with Crippen molar-refractivity contribution in [2.24, 2.45) is 4.99 Å². The van der Waals surface area contributed by atoms with E-state index in [1.54, 1.807) is 0 Å². The minimum atomic E-state index is 0.864. The predicted molar refractivity (Wildman–Crippen MR) is 113 cm³/mol. The number of para-hydroxylation sites is 1. The van der Waals surface area contributed by atoms with Crippen molar-refractivity contribution in [3.63, 3.8) is 0 Å². The van der Waals surface area contributed by atoms with Gasteiger partial charge >= 0.3 is 0 Å². The smallest absolute Gasteiger partial charge is 0.180 e. The maximum atomic E-state index is 5.48. The fourth-order valence-corrected chi connectivity index (χ4v) is 4.60. The minimum absolute atomic E-state index is 0.864. The van der Waals surface area contributed by atoms with E-state index in [9.17, 15) is 0 Å². The maximum absolute atomic E-state index is 5.48. The van der Waals surface area contributed by atoms with Gasteiger partial charge in [-0.3, -0.25) is 9.89 Å². The van der Waals surface area contributed by atoms with Crippen molar-refractivity contribution >= 4 is 22.5 Å².